The summed E-state index contributed by atoms with van der Waals surface area (Å²) in [6.45, 7) is 5.32. The van der Waals surface area contributed by atoms with Crippen molar-refractivity contribution in [3.05, 3.63) is 0 Å². The average Bonchev–Trinajstić information content (AvgIpc) is 2.09. The van der Waals surface area contributed by atoms with E-state index in [4.69, 9.17) is 14.6 Å². The fraction of sp³-hybridized carbons (Fsp3) is 0.818. The molecule has 0 saturated carbocycles. The van der Waals surface area contributed by atoms with E-state index in [9.17, 15) is 4.79 Å². The minimum Gasteiger partial charge on any atom is -0.481 e. The van der Waals surface area contributed by atoms with Crippen LogP contribution in [0.3, 0.4) is 0 Å². The first-order chi connectivity index (χ1) is 7.00. The summed E-state index contributed by atoms with van der Waals surface area (Å²) in [5, 5.41) is 7.42. The number of aliphatic carboxylic acids is 1. The second-order valence-corrected chi connectivity index (χ2v) is 3.27. The van der Waals surface area contributed by atoms with Crippen LogP contribution in [-0.2, 0) is 14.3 Å². The molecule has 0 saturated heterocycles. The van der Waals surface area contributed by atoms with Crippen LogP contribution in [0.4, 0.5) is 0 Å². The van der Waals surface area contributed by atoms with Crippen molar-refractivity contribution in [3.63, 3.8) is 0 Å². The first kappa shape index (κ1) is 16.4. The molecule has 0 radical (unpaired) electrons. The van der Waals surface area contributed by atoms with E-state index in [2.05, 4.69) is 6.92 Å². The number of carboxylic acids is 1. The van der Waals surface area contributed by atoms with E-state index < -0.39 is 5.97 Å². The molecule has 0 aliphatic carbocycles. The van der Waals surface area contributed by atoms with Gasteiger partial charge in [-0.05, 0) is 6.42 Å². The van der Waals surface area contributed by atoms with Crippen LogP contribution < -0.4 is 0 Å². The molecule has 0 aromatic carbocycles. The zero-order chi connectivity index (χ0) is 12.1. The Balaban J connectivity index is 0. The summed E-state index contributed by atoms with van der Waals surface area (Å²) in [5.41, 5.74) is 0. The second kappa shape index (κ2) is 12.9. The van der Waals surface area contributed by atoms with Crippen LogP contribution in [0.1, 0.15) is 52.9 Å². The lowest BCUT2D eigenvalue weighted by Gasteiger charge is -2.00. The number of carboxylic acid groups (broad SMARTS) is 1. The summed E-state index contributed by atoms with van der Waals surface area (Å²) in [6, 6.07) is 0. The van der Waals surface area contributed by atoms with Crippen molar-refractivity contribution in [1.29, 1.82) is 0 Å². The minimum absolute atomic E-state index is 0.166. The van der Waals surface area contributed by atoms with E-state index in [1.54, 1.807) is 0 Å². The van der Waals surface area contributed by atoms with Gasteiger partial charge in [0.1, 0.15) is 0 Å². The van der Waals surface area contributed by atoms with Gasteiger partial charge in [-0.3, -0.25) is 9.59 Å². The van der Waals surface area contributed by atoms with Gasteiger partial charge in [-0.15, -0.1) is 0 Å². The van der Waals surface area contributed by atoms with Crippen LogP contribution in [0.15, 0.2) is 0 Å². The van der Waals surface area contributed by atoms with Crippen LogP contribution in [0.5, 0.6) is 0 Å². The Morgan fingerprint density at radius 1 is 1.07 bits per heavy atom. The zero-order valence-electron chi connectivity index (χ0n) is 9.91. The maximum atomic E-state index is 10.3. The third-order valence-electron chi connectivity index (χ3n) is 1.55. The van der Waals surface area contributed by atoms with Gasteiger partial charge in [-0.2, -0.15) is 0 Å². The molecule has 0 aliphatic rings. The molecule has 0 bridgehead atoms. The quantitative estimate of drug-likeness (QED) is 0.550. The Morgan fingerprint density at radius 2 is 1.53 bits per heavy atom. The lowest BCUT2D eigenvalue weighted by Crippen LogP contribution is -1.99. The van der Waals surface area contributed by atoms with Gasteiger partial charge in [-0.1, -0.05) is 32.6 Å². The smallest absolute Gasteiger partial charge is 0.302 e. The molecule has 0 aromatic rings. The van der Waals surface area contributed by atoms with Crippen molar-refractivity contribution < 1.29 is 19.4 Å². The first-order valence-electron chi connectivity index (χ1n) is 5.33. The van der Waals surface area contributed by atoms with Gasteiger partial charge in [0.2, 0.25) is 0 Å². The van der Waals surface area contributed by atoms with E-state index in [1.165, 1.54) is 32.6 Å². The molecule has 0 aliphatic heterocycles. The van der Waals surface area contributed by atoms with Crippen molar-refractivity contribution in [1.82, 2.24) is 0 Å². The number of carbonyl (C=O) groups excluding carboxylic acids is 1. The number of rotatable bonds is 6. The van der Waals surface area contributed by atoms with Crippen LogP contribution >= 0.6 is 0 Å². The van der Waals surface area contributed by atoms with E-state index >= 15 is 0 Å². The molecule has 0 heterocycles. The molecule has 0 unspecified atom stereocenters. The summed E-state index contributed by atoms with van der Waals surface area (Å²) in [6.07, 6.45) is 6.01. The average molecular weight is 218 g/mol. The molecule has 4 nitrogen and oxygen atoms in total. The fourth-order valence-electron chi connectivity index (χ4n) is 0.922. The Hall–Kier alpha value is -1.06. The van der Waals surface area contributed by atoms with Gasteiger partial charge in [0.25, 0.3) is 5.97 Å². The number of carbonyl (C=O) groups is 2. The molecular formula is C11H22O4. The van der Waals surface area contributed by atoms with Crippen LogP contribution in [0.2, 0.25) is 0 Å². The van der Waals surface area contributed by atoms with Gasteiger partial charge in [0, 0.05) is 13.8 Å². The molecule has 0 amide bonds. The third kappa shape index (κ3) is 32.2. The van der Waals surface area contributed by atoms with Gasteiger partial charge in [0.15, 0.2) is 0 Å². The van der Waals surface area contributed by atoms with Crippen molar-refractivity contribution in [2.75, 3.05) is 6.61 Å². The molecule has 1 N–H and O–H groups in total. The molecule has 0 spiro atoms. The highest BCUT2D eigenvalue weighted by atomic mass is 16.5. The summed E-state index contributed by atoms with van der Waals surface area (Å²) >= 11 is 0. The Kier molecular flexibility index (Phi) is 14.1. The lowest BCUT2D eigenvalue weighted by atomic mass is 10.2. The number of esters is 1. The topological polar surface area (TPSA) is 63.6 Å². The Morgan fingerprint density at radius 3 is 1.93 bits per heavy atom. The van der Waals surface area contributed by atoms with Crippen LogP contribution in [0, 0.1) is 0 Å². The monoisotopic (exact) mass is 218 g/mol. The highest BCUT2D eigenvalue weighted by Gasteiger charge is 1.92. The fourth-order valence-corrected chi connectivity index (χ4v) is 0.922. The van der Waals surface area contributed by atoms with Crippen molar-refractivity contribution in [3.8, 4) is 0 Å². The predicted octanol–water partition coefficient (Wildman–Crippen LogP) is 2.61. The van der Waals surface area contributed by atoms with E-state index in [-0.39, 0.29) is 5.97 Å². The van der Waals surface area contributed by atoms with E-state index in [0.717, 1.165) is 13.3 Å². The van der Waals surface area contributed by atoms with Gasteiger partial charge in [0.05, 0.1) is 6.61 Å². The van der Waals surface area contributed by atoms with Crippen LogP contribution in [-0.4, -0.2) is 23.7 Å². The van der Waals surface area contributed by atoms with Crippen molar-refractivity contribution >= 4 is 11.9 Å². The molecule has 15 heavy (non-hydrogen) atoms. The molecule has 0 fully saturated rings. The van der Waals surface area contributed by atoms with E-state index in [1.807, 2.05) is 0 Å². The first-order valence-corrected chi connectivity index (χ1v) is 5.33. The molecule has 0 aromatic heterocycles. The van der Waals surface area contributed by atoms with Gasteiger partial charge < -0.3 is 9.84 Å². The number of hydrogen-bond acceptors (Lipinski definition) is 3. The predicted molar refractivity (Wildman–Crippen MR) is 58.7 cm³/mol. The minimum atomic E-state index is -0.833. The summed E-state index contributed by atoms with van der Waals surface area (Å²) in [7, 11) is 0. The number of unbranched alkanes of at least 4 members (excludes halogenated alkanes) is 4. The number of hydrogen-bond donors (Lipinski definition) is 1. The van der Waals surface area contributed by atoms with Gasteiger partial charge >= 0.3 is 5.97 Å². The standard InChI is InChI=1S/C9H18O2.C2H4O2/c1-3-4-5-6-7-8-11-9(2)10;1-2(3)4/h3-8H2,1-2H3;1H3,(H,3,4). The highest BCUT2D eigenvalue weighted by Crippen LogP contribution is 2.01. The van der Waals surface area contributed by atoms with E-state index in [0.29, 0.717) is 6.61 Å². The highest BCUT2D eigenvalue weighted by molar-refractivity contribution is 5.65. The van der Waals surface area contributed by atoms with Crippen LogP contribution in [0.25, 0.3) is 0 Å². The maximum Gasteiger partial charge on any atom is 0.302 e. The normalized spacial score (nSPS) is 8.73. The number of ether oxygens (including phenoxy) is 1. The molecule has 4 heteroatoms. The summed E-state index contributed by atoms with van der Waals surface area (Å²) < 4.78 is 4.78. The van der Waals surface area contributed by atoms with Crippen molar-refractivity contribution in [2.45, 2.75) is 52.9 Å². The maximum absolute atomic E-state index is 10.3. The third-order valence-corrected chi connectivity index (χ3v) is 1.55. The molecule has 0 rings (SSSR count). The SMILES string of the molecule is CC(=O)O.CCCCCCCOC(C)=O. The second-order valence-electron chi connectivity index (χ2n) is 3.27. The largest absolute Gasteiger partial charge is 0.481 e. The summed E-state index contributed by atoms with van der Waals surface area (Å²) in [5.74, 6) is -1.000. The molecule has 0 atom stereocenters. The Bertz CT molecular complexity index is 162. The molecule has 90 valence electrons. The van der Waals surface area contributed by atoms with Crippen molar-refractivity contribution in [2.24, 2.45) is 0 Å². The lowest BCUT2D eigenvalue weighted by molar-refractivity contribution is -0.141. The van der Waals surface area contributed by atoms with Gasteiger partial charge in [-0.25, -0.2) is 0 Å². The Labute approximate surface area is 91.6 Å². The summed E-state index contributed by atoms with van der Waals surface area (Å²) in [4.78, 5) is 19.3. The molecular weight excluding hydrogens is 196 g/mol. The zero-order valence-corrected chi connectivity index (χ0v) is 9.91.